The van der Waals surface area contributed by atoms with Gasteiger partial charge in [0, 0.05) is 24.5 Å². The normalized spacial score (nSPS) is 20.6. The molecular formula is C21H35NO3Si. The fourth-order valence-electron chi connectivity index (χ4n) is 2.95. The number of rotatable bonds is 4. The van der Waals surface area contributed by atoms with Crippen molar-refractivity contribution in [1.82, 2.24) is 5.32 Å². The molecule has 0 aliphatic heterocycles. The van der Waals surface area contributed by atoms with Crippen LogP contribution in [0.4, 0.5) is 4.79 Å². The van der Waals surface area contributed by atoms with Crippen molar-refractivity contribution in [2.75, 3.05) is 6.61 Å². The SMILES string of the molecule is CC(C)(C)NC(=O)O[C@@H]1Cc2ccccc2[C@@H]1CO[Si](C)(C)C(C)(C)C. The summed E-state index contributed by atoms with van der Waals surface area (Å²) < 4.78 is 12.3. The Hall–Kier alpha value is -1.33. The van der Waals surface area contributed by atoms with Crippen LogP contribution in [0.3, 0.4) is 0 Å². The van der Waals surface area contributed by atoms with Gasteiger partial charge in [0.1, 0.15) is 6.10 Å². The fraction of sp³-hybridized carbons (Fsp3) is 0.667. The van der Waals surface area contributed by atoms with E-state index in [0.717, 1.165) is 6.42 Å². The van der Waals surface area contributed by atoms with Gasteiger partial charge >= 0.3 is 6.09 Å². The molecule has 2 rings (SSSR count). The average Bonchev–Trinajstić information content (AvgIpc) is 2.79. The Bertz CT molecular complexity index is 643. The molecule has 0 fully saturated rings. The quantitative estimate of drug-likeness (QED) is 0.730. The highest BCUT2D eigenvalue weighted by Crippen LogP contribution is 2.40. The summed E-state index contributed by atoms with van der Waals surface area (Å²) >= 11 is 0. The summed E-state index contributed by atoms with van der Waals surface area (Å²) in [5.41, 5.74) is 2.19. The zero-order chi connectivity index (χ0) is 19.8. The van der Waals surface area contributed by atoms with Crippen LogP contribution in [0.1, 0.15) is 58.6 Å². The number of carbonyl (C=O) groups is 1. The van der Waals surface area contributed by atoms with E-state index in [1.807, 2.05) is 26.8 Å². The second-order valence-electron chi connectivity index (χ2n) is 9.90. The molecular weight excluding hydrogens is 342 g/mol. The predicted molar refractivity (Wildman–Crippen MR) is 109 cm³/mol. The van der Waals surface area contributed by atoms with E-state index in [0.29, 0.717) is 6.61 Å². The molecule has 1 aromatic rings. The summed E-state index contributed by atoms with van der Waals surface area (Å²) in [5, 5.41) is 3.05. The fourth-order valence-corrected chi connectivity index (χ4v) is 3.98. The van der Waals surface area contributed by atoms with Crippen LogP contribution in [0.2, 0.25) is 18.1 Å². The Labute approximate surface area is 159 Å². The third kappa shape index (κ3) is 5.10. The Morgan fingerprint density at radius 1 is 1.15 bits per heavy atom. The minimum atomic E-state index is -1.86. The molecule has 0 bridgehead atoms. The van der Waals surface area contributed by atoms with Crippen LogP contribution in [-0.2, 0) is 15.6 Å². The lowest BCUT2D eigenvalue weighted by molar-refractivity contribution is 0.0696. The van der Waals surface area contributed by atoms with Crippen molar-refractivity contribution in [2.45, 2.75) is 83.7 Å². The highest BCUT2D eigenvalue weighted by Gasteiger charge is 2.41. The van der Waals surface area contributed by atoms with E-state index in [-0.39, 0.29) is 28.7 Å². The van der Waals surface area contributed by atoms with Crippen LogP contribution in [0.5, 0.6) is 0 Å². The van der Waals surface area contributed by atoms with Crippen LogP contribution < -0.4 is 5.32 Å². The Kier molecular flexibility index (Phi) is 5.93. The largest absolute Gasteiger partial charge is 0.445 e. The summed E-state index contributed by atoms with van der Waals surface area (Å²) in [6.45, 7) is 17.7. The predicted octanol–water partition coefficient (Wildman–Crippen LogP) is 5.24. The molecule has 26 heavy (non-hydrogen) atoms. The molecule has 4 nitrogen and oxygen atoms in total. The lowest BCUT2D eigenvalue weighted by Crippen LogP contribution is -2.44. The number of nitrogens with one attached hydrogen (secondary N) is 1. The molecule has 1 N–H and O–H groups in total. The number of ether oxygens (including phenoxy) is 1. The zero-order valence-electron chi connectivity index (χ0n) is 17.6. The average molecular weight is 378 g/mol. The van der Waals surface area contributed by atoms with Gasteiger partial charge in [0.25, 0.3) is 0 Å². The molecule has 0 heterocycles. The first-order chi connectivity index (χ1) is 11.8. The van der Waals surface area contributed by atoms with Gasteiger partial charge in [-0.3, -0.25) is 0 Å². The van der Waals surface area contributed by atoms with Crippen molar-refractivity contribution in [2.24, 2.45) is 0 Å². The number of hydrogen-bond acceptors (Lipinski definition) is 3. The smallest absolute Gasteiger partial charge is 0.407 e. The van der Waals surface area contributed by atoms with E-state index in [1.54, 1.807) is 0 Å². The first-order valence-corrected chi connectivity index (χ1v) is 12.4. The topological polar surface area (TPSA) is 47.6 Å². The number of benzene rings is 1. The van der Waals surface area contributed by atoms with Gasteiger partial charge in [0.2, 0.25) is 0 Å². The highest BCUT2D eigenvalue weighted by molar-refractivity contribution is 6.74. The zero-order valence-corrected chi connectivity index (χ0v) is 18.6. The molecule has 146 valence electrons. The highest BCUT2D eigenvalue weighted by atomic mass is 28.4. The van der Waals surface area contributed by atoms with Crippen LogP contribution in [0, 0.1) is 0 Å². The minimum Gasteiger partial charge on any atom is -0.445 e. The summed E-state index contributed by atoms with van der Waals surface area (Å²) in [7, 11) is -1.86. The third-order valence-electron chi connectivity index (χ3n) is 5.49. The van der Waals surface area contributed by atoms with E-state index in [2.05, 4.69) is 57.4 Å². The van der Waals surface area contributed by atoms with Crippen molar-refractivity contribution in [3.05, 3.63) is 35.4 Å². The van der Waals surface area contributed by atoms with E-state index < -0.39 is 8.32 Å². The third-order valence-corrected chi connectivity index (χ3v) is 9.99. The van der Waals surface area contributed by atoms with E-state index in [1.165, 1.54) is 11.1 Å². The standard InChI is InChI=1S/C21H35NO3Si/c1-20(2,3)22-19(23)25-18-13-15-11-9-10-12-16(15)17(18)14-24-26(7,8)21(4,5)6/h9-12,17-18H,13-14H2,1-8H3,(H,22,23)/t17-,18+/m0/s1. The van der Waals surface area contributed by atoms with Crippen LogP contribution in [0.15, 0.2) is 24.3 Å². The summed E-state index contributed by atoms with van der Waals surface area (Å²) in [4.78, 5) is 12.3. The molecule has 1 aliphatic carbocycles. The molecule has 1 aliphatic rings. The van der Waals surface area contributed by atoms with Gasteiger partial charge in [-0.15, -0.1) is 0 Å². The second-order valence-corrected chi connectivity index (χ2v) is 14.7. The Morgan fingerprint density at radius 2 is 1.77 bits per heavy atom. The van der Waals surface area contributed by atoms with Crippen LogP contribution >= 0.6 is 0 Å². The van der Waals surface area contributed by atoms with Crippen molar-refractivity contribution >= 4 is 14.4 Å². The number of fused-ring (bicyclic) bond motifs is 1. The van der Waals surface area contributed by atoms with Gasteiger partial charge in [-0.05, 0) is 50.0 Å². The van der Waals surface area contributed by atoms with Gasteiger partial charge in [0.05, 0.1) is 0 Å². The van der Waals surface area contributed by atoms with Crippen molar-refractivity contribution in [3.8, 4) is 0 Å². The summed E-state index contributed by atoms with van der Waals surface area (Å²) in [5.74, 6) is 0.0889. The molecule has 0 aromatic heterocycles. The minimum absolute atomic E-state index is 0.0889. The monoisotopic (exact) mass is 377 g/mol. The van der Waals surface area contributed by atoms with Crippen LogP contribution in [-0.4, -0.2) is 32.7 Å². The van der Waals surface area contributed by atoms with Gasteiger partial charge in [0.15, 0.2) is 8.32 Å². The van der Waals surface area contributed by atoms with Gasteiger partial charge in [-0.2, -0.15) is 0 Å². The van der Waals surface area contributed by atoms with Crippen molar-refractivity contribution < 1.29 is 14.0 Å². The molecule has 5 heteroatoms. The lowest BCUT2D eigenvalue weighted by Gasteiger charge is -2.37. The summed E-state index contributed by atoms with van der Waals surface area (Å²) in [6, 6.07) is 8.36. The van der Waals surface area contributed by atoms with E-state index in [4.69, 9.17) is 9.16 Å². The first kappa shape index (κ1) is 21.0. The maximum absolute atomic E-state index is 12.3. The lowest BCUT2D eigenvalue weighted by atomic mass is 10.0. The van der Waals surface area contributed by atoms with E-state index >= 15 is 0 Å². The summed E-state index contributed by atoms with van der Waals surface area (Å²) in [6.07, 6.45) is 0.214. The van der Waals surface area contributed by atoms with Crippen LogP contribution in [0.25, 0.3) is 0 Å². The first-order valence-electron chi connectivity index (χ1n) is 9.51. The maximum atomic E-state index is 12.3. The number of carbonyl (C=O) groups excluding carboxylic acids is 1. The Balaban J connectivity index is 2.14. The van der Waals surface area contributed by atoms with Crippen molar-refractivity contribution in [1.29, 1.82) is 0 Å². The molecule has 1 aromatic carbocycles. The van der Waals surface area contributed by atoms with Gasteiger partial charge in [-0.25, -0.2) is 4.79 Å². The molecule has 0 radical (unpaired) electrons. The molecule has 2 atom stereocenters. The van der Waals surface area contributed by atoms with Gasteiger partial charge in [-0.1, -0.05) is 45.0 Å². The maximum Gasteiger partial charge on any atom is 0.407 e. The Morgan fingerprint density at radius 3 is 2.35 bits per heavy atom. The van der Waals surface area contributed by atoms with Gasteiger partial charge < -0.3 is 14.5 Å². The molecule has 0 spiro atoms. The molecule has 0 saturated heterocycles. The number of amides is 1. The molecule has 1 amide bonds. The molecule has 0 saturated carbocycles. The molecule has 0 unspecified atom stereocenters. The second kappa shape index (κ2) is 7.35. The van der Waals surface area contributed by atoms with E-state index in [9.17, 15) is 4.79 Å². The van der Waals surface area contributed by atoms with Crippen molar-refractivity contribution in [3.63, 3.8) is 0 Å². The number of hydrogen-bond donors (Lipinski definition) is 1. The number of alkyl carbamates (subject to hydrolysis) is 1.